The number of esters is 1. The van der Waals surface area contributed by atoms with Gasteiger partial charge in [0, 0.05) is 17.7 Å². The number of methoxy groups -OCH3 is 1. The summed E-state index contributed by atoms with van der Waals surface area (Å²) in [5, 5.41) is 2.27. The molecule has 0 unspecified atom stereocenters. The highest BCUT2D eigenvalue weighted by Gasteiger charge is 2.08. The van der Waals surface area contributed by atoms with Crippen LogP contribution in [0.4, 0.5) is 0 Å². The van der Waals surface area contributed by atoms with Crippen LogP contribution in [0.2, 0.25) is 5.15 Å². The molecule has 0 saturated carbocycles. The largest absolute Gasteiger partial charge is 0.466 e. The molecule has 0 atom stereocenters. The molecule has 0 amide bonds. The molecular weight excluding hydrogens is 236 g/mol. The third kappa shape index (κ3) is 1.88. The second-order valence-electron chi connectivity index (χ2n) is 2.70. The van der Waals surface area contributed by atoms with Gasteiger partial charge in [0.25, 0.3) is 0 Å². The molecule has 0 radical (unpaired) electrons. The molecular formula is C9H7ClN2O2S. The van der Waals surface area contributed by atoms with Crippen molar-refractivity contribution in [2.45, 2.75) is 0 Å². The number of ether oxygens (including phenoxy) is 1. The number of rotatable bonds is 2. The van der Waals surface area contributed by atoms with Crippen molar-refractivity contribution in [2.75, 3.05) is 7.11 Å². The number of aromatic nitrogens is 2. The van der Waals surface area contributed by atoms with E-state index in [-0.39, 0.29) is 0 Å². The van der Waals surface area contributed by atoms with Gasteiger partial charge in [0.05, 0.1) is 12.8 Å². The highest BCUT2D eigenvalue weighted by atomic mass is 35.5. The van der Waals surface area contributed by atoms with Gasteiger partial charge in [-0.05, 0) is 6.08 Å². The van der Waals surface area contributed by atoms with Gasteiger partial charge in [0.2, 0.25) is 0 Å². The average molecular weight is 243 g/mol. The lowest BCUT2D eigenvalue weighted by atomic mass is 10.4. The van der Waals surface area contributed by atoms with Crippen LogP contribution in [-0.2, 0) is 9.53 Å². The van der Waals surface area contributed by atoms with E-state index in [1.807, 2.05) is 16.0 Å². The summed E-state index contributed by atoms with van der Waals surface area (Å²) in [4.78, 5) is 15.8. The van der Waals surface area contributed by atoms with Gasteiger partial charge >= 0.3 is 5.97 Å². The van der Waals surface area contributed by atoms with Crippen molar-refractivity contribution in [3.63, 3.8) is 0 Å². The fourth-order valence-corrected chi connectivity index (χ4v) is 2.15. The van der Waals surface area contributed by atoms with Gasteiger partial charge in [-0.2, -0.15) is 0 Å². The van der Waals surface area contributed by atoms with E-state index in [0.29, 0.717) is 10.8 Å². The number of carbonyl (C=O) groups is 1. The molecule has 0 aliphatic heterocycles. The fourth-order valence-electron chi connectivity index (χ4n) is 1.14. The van der Waals surface area contributed by atoms with Crippen LogP contribution in [0.25, 0.3) is 11.0 Å². The van der Waals surface area contributed by atoms with Crippen molar-refractivity contribution in [1.29, 1.82) is 0 Å². The molecule has 0 saturated heterocycles. The Morgan fingerprint density at radius 3 is 3.27 bits per heavy atom. The molecule has 2 aromatic heterocycles. The Balaban J connectivity index is 2.41. The first-order valence-corrected chi connectivity index (χ1v) is 5.35. The maximum absolute atomic E-state index is 10.9. The maximum atomic E-state index is 10.9. The van der Waals surface area contributed by atoms with E-state index in [1.165, 1.54) is 24.5 Å². The van der Waals surface area contributed by atoms with Crippen molar-refractivity contribution in [2.24, 2.45) is 0 Å². The predicted molar refractivity (Wildman–Crippen MR) is 59.1 cm³/mol. The number of carbonyl (C=O) groups excluding carboxylic acids is 1. The first-order valence-electron chi connectivity index (χ1n) is 4.09. The van der Waals surface area contributed by atoms with E-state index in [4.69, 9.17) is 11.6 Å². The van der Waals surface area contributed by atoms with Crippen LogP contribution in [0.3, 0.4) is 0 Å². The first kappa shape index (κ1) is 10.2. The molecule has 4 nitrogen and oxygen atoms in total. The average Bonchev–Trinajstić information content (AvgIpc) is 2.75. The minimum Gasteiger partial charge on any atom is -0.466 e. The standard InChI is InChI=1S/C9H7ClN2O2S/c1-14-7(13)3-2-6-8(10)11-9-12(6)4-5-15-9/h2-5H,1H3. The molecule has 0 fully saturated rings. The zero-order chi connectivity index (χ0) is 10.8. The Bertz CT molecular complexity index is 529. The molecule has 6 heteroatoms. The van der Waals surface area contributed by atoms with E-state index in [2.05, 4.69) is 9.72 Å². The minimum atomic E-state index is -0.420. The van der Waals surface area contributed by atoms with Gasteiger partial charge in [-0.25, -0.2) is 9.78 Å². The van der Waals surface area contributed by atoms with Gasteiger partial charge in [0.15, 0.2) is 10.1 Å². The number of hydrogen-bond donors (Lipinski definition) is 0. The number of nitrogens with zero attached hydrogens (tertiary/aromatic N) is 2. The Kier molecular flexibility index (Phi) is 2.75. The van der Waals surface area contributed by atoms with Crippen molar-refractivity contribution >= 4 is 39.9 Å². The van der Waals surface area contributed by atoms with Gasteiger partial charge in [-0.1, -0.05) is 11.6 Å². The predicted octanol–water partition coefficient (Wildman–Crippen LogP) is 2.24. The number of thiazole rings is 1. The quantitative estimate of drug-likeness (QED) is 0.599. The summed E-state index contributed by atoms with van der Waals surface area (Å²) < 4.78 is 6.30. The normalized spacial score (nSPS) is 11.3. The second-order valence-corrected chi connectivity index (χ2v) is 3.93. The molecule has 2 rings (SSSR count). The molecule has 2 heterocycles. The lowest BCUT2D eigenvalue weighted by Crippen LogP contribution is -1.93. The van der Waals surface area contributed by atoms with Crippen LogP contribution in [0.1, 0.15) is 5.69 Å². The van der Waals surface area contributed by atoms with E-state index >= 15 is 0 Å². The summed E-state index contributed by atoms with van der Waals surface area (Å²) in [6, 6.07) is 0. The SMILES string of the molecule is COC(=O)C=Cc1c(Cl)nc2sccn12. The molecule has 0 aliphatic carbocycles. The Morgan fingerprint density at radius 1 is 1.73 bits per heavy atom. The monoisotopic (exact) mass is 242 g/mol. The molecule has 2 aromatic rings. The second kappa shape index (κ2) is 4.04. The maximum Gasteiger partial charge on any atom is 0.330 e. The Morgan fingerprint density at radius 2 is 2.53 bits per heavy atom. The first-order chi connectivity index (χ1) is 7.22. The molecule has 15 heavy (non-hydrogen) atoms. The van der Waals surface area contributed by atoms with E-state index < -0.39 is 5.97 Å². The smallest absolute Gasteiger partial charge is 0.330 e. The van der Waals surface area contributed by atoms with Gasteiger partial charge in [-0.3, -0.25) is 4.40 Å². The van der Waals surface area contributed by atoms with E-state index in [0.717, 1.165) is 4.96 Å². The summed E-state index contributed by atoms with van der Waals surface area (Å²) in [7, 11) is 1.32. The zero-order valence-corrected chi connectivity index (χ0v) is 9.38. The summed E-state index contributed by atoms with van der Waals surface area (Å²) in [5.74, 6) is -0.420. The minimum absolute atomic E-state index is 0.377. The Hall–Kier alpha value is -1.33. The number of imidazole rings is 1. The van der Waals surface area contributed by atoms with Gasteiger partial charge in [-0.15, -0.1) is 11.3 Å². The number of fused-ring (bicyclic) bond motifs is 1. The topological polar surface area (TPSA) is 43.6 Å². The van der Waals surface area contributed by atoms with Crippen molar-refractivity contribution in [1.82, 2.24) is 9.38 Å². The number of halogens is 1. The van der Waals surface area contributed by atoms with E-state index in [9.17, 15) is 4.79 Å². The van der Waals surface area contributed by atoms with Crippen LogP contribution >= 0.6 is 22.9 Å². The highest BCUT2D eigenvalue weighted by Crippen LogP contribution is 2.22. The summed E-state index contributed by atoms with van der Waals surface area (Å²) >= 11 is 7.39. The molecule has 0 aromatic carbocycles. The Labute approximate surface area is 94.8 Å². The van der Waals surface area contributed by atoms with Crippen molar-refractivity contribution in [3.05, 3.63) is 28.5 Å². The summed E-state index contributed by atoms with van der Waals surface area (Å²) in [6.07, 6.45) is 4.74. The van der Waals surface area contributed by atoms with Crippen LogP contribution < -0.4 is 0 Å². The lowest BCUT2D eigenvalue weighted by molar-refractivity contribution is -0.134. The lowest BCUT2D eigenvalue weighted by Gasteiger charge is -1.91. The van der Waals surface area contributed by atoms with E-state index in [1.54, 1.807) is 6.08 Å². The van der Waals surface area contributed by atoms with Crippen LogP contribution in [-0.4, -0.2) is 22.5 Å². The molecule has 0 bridgehead atoms. The van der Waals surface area contributed by atoms with Crippen molar-refractivity contribution < 1.29 is 9.53 Å². The zero-order valence-electron chi connectivity index (χ0n) is 7.81. The summed E-state index contributed by atoms with van der Waals surface area (Å²) in [5.41, 5.74) is 0.679. The fraction of sp³-hybridized carbons (Fsp3) is 0.111. The molecule has 0 aliphatic rings. The number of hydrogen-bond acceptors (Lipinski definition) is 4. The van der Waals surface area contributed by atoms with Crippen molar-refractivity contribution in [3.8, 4) is 0 Å². The third-order valence-corrected chi connectivity index (χ3v) is 2.87. The molecule has 0 spiro atoms. The van der Waals surface area contributed by atoms with Crippen LogP contribution in [0.5, 0.6) is 0 Å². The van der Waals surface area contributed by atoms with Crippen LogP contribution in [0.15, 0.2) is 17.7 Å². The van der Waals surface area contributed by atoms with Gasteiger partial charge in [0.1, 0.15) is 0 Å². The third-order valence-electron chi connectivity index (χ3n) is 1.83. The summed E-state index contributed by atoms with van der Waals surface area (Å²) in [6.45, 7) is 0. The molecule has 78 valence electrons. The highest BCUT2D eigenvalue weighted by molar-refractivity contribution is 7.15. The van der Waals surface area contributed by atoms with Crippen LogP contribution in [0, 0.1) is 0 Å². The molecule has 0 N–H and O–H groups in total. The van der Waals surface area contributed by atoms with Gasteiger partial charge < -0.3 is 4.74 Å².